The Morgan fingerprint density at radius 1 is 1.35 bits per heavy atom. The van der Waals surface area contributed by atoms with Gasteiger partial charge in [0.1, 0.15) is 5.82 Å². The van der Waals surface area contributed by atoms with Crippen LogP contribution in [0.15, 0.2) is 18.2 Å². The van der Waals surface area contributed by atoms with Gasteiger partial charge in [0.2, 0.25) is 10.0 Å². The molecule has 110 valence electrons. The van der Waals surface area contributed by atoms with Crippen molar-refractivity contribution in [3.63, 3.8) is 0 Å². The van der Waals surface area contributed by atoms with Crippen molar-refractivity contribution in [2.45, 2.75) is 12.8 Å². The molecule has 0 aliphatic carbocycles. The average Bonchev–Trinajstić information content (AvgIpc) is 2.79. The molecule has 6 nitrogen and oxygen atoms in total. The average molecular weight is 302 g/mol. The van der Waals surface area contributed by atoms with Crippen LogP contribution in [0.5, 0.6) is 0 Å². The van der Waals surface area contributed by atoms with Crippen molar-refractivity contribution >= 4 is 27.4 Å². The van der Waals surface area contributed by atoms with Gasteiger partial charge in [0.25, 0.3) is 0 Å². The van der Waals surface area contributed by atoms with E-state index in [1.807, 2.05) is 9.62 Å². The summed E-state index contributed by atoms with van der Waals surface area (Å²) in [5.41, 5.74) is 0.454. The second kappa shape index (κ2) is 5.66. The number of aliphatic carboxylic acids is 1. The van der Waals surface area contributed by atoms with Crippen LogP contribution < -0.4 is 9.62 Å². The lowest BCUT2D eigenvalue weighted by atomic mass is 10.2. The Balaban J connectivity index is 2.15. The van der Waals surface area contributed by atoms with Crippen LogP contribution in [0.25, 0.3) is 0 Å². The van der Waals surface area contributed by atoms with Crippen LogP contribution in [0.2, 0.25) is 0 Å². The van der Waals surface area contributed by atoms with Gasteiger partial charge in [0.05, 0.1) is 11.4 Å². The molecule has 1 aromatic rings. The van der Waals surface area contributed by atoms with Crippen LogP contribution in [0.1, 0.15) is 12.8 Å². The Labute approximate surface area is 116 Å². The first kappa shape index (κ1) is 14.6. The van der Waals surface area contributed by atoms with Crippen molar-refractivity contribution < 1.29 is 22.7 Å². The highest BCUT2D eigenvalue weighted by Crippen LogP contribution is 2.26. The second-order valence-electron chi connectivity index (χ2n) is 4.62. The summed E-state index contributed by atoms with van der Waals surface area (Å²) in [6.07, 6.45) is 2.01. The molecule has 1 aliphatic heterocycles. The van der Waals surface area contributed by atoms with E-state index in [1.54, 1.807) is 0 Å². The van der Waals surface area contributed by atoms with Gasteiger partial charge >= 0.3 is 5.97 Å². The van der Waals surface area contributed by atoms with E-state index in [-0.39, 0.29) is 5.69 Å². The van der Waals surface area contributed by atoms with Gasteiger partial charge in [0.15, 0.2) is 5.75 Å². The third-order valence-corrected chi connectivity index (χ3v) is 4.15. The number of rotatable bonds is 5. The van der Waals surface area contributed by atoms with E-state index >= 15 is 0 Å². The molecule has 0 atom stereocenters. The SMILES string of the molecule is O=C(O)CS(=O)(=O)Nc1ccc(N2CCCC2)c(F)c1. The zero-order valence-corrected chi connectivity index (χ0v) is 11.5. The van der Waals surface area contributed by atoms with Crippen molar-refractivity contribution in [3.05, 3.63) is 24.0 Å². The summed E-state index contributed by atoms with van der Waals surface area (Å²) in [5, 5.41) is 8.47. The van der Waals surface area contributed by atoms with E-state index in [1.165, 1.54) is 12.1 Å². The van der Waals surface area contributed by atoms with Crippen molar-refractivity contribution in [2.24, 2.45) is 0 Å². The molecule has 0 saturated carbocycles. The number of hydrogen-bond acceptors (Lipinski definition) is 4. The van der Waals surface area contributed by atoms with Gasteiger partial charge in [0, 0.05) is 19.2 Å². The number of nitrogens with zero attached hydrogens (tertiary/aromatic N) is 1. The standard InChI is InChI=1S/C12H15FN2O4S/c13-10-7-9(14-20(18,19)8-12(16)17)3-4-11(10)15-5-1-2-6-15/h3-4,7,14H,1-2,5-6,8H2,(H,16,17). The van der Waals surface area contributed by atoms with Crippen molar-refractivity contribution in [2.75, 3.05) is 28.5 Å². The predicted molar refractivity (Wildman–Crippen MR) is 72.9 cm³/mol. The van der Waals surface area contributed by atoms with Gasteiger partial charge in [-0.15, -0.1) is 0 Å². The molecule has 2 rings (SSSR count). The number of halogens is 1. The van der Waals surface area contributed by atoms with E-state index in [4.69, 9.17) is 5.11 Å². The fourth-order valence-electron chi connectivity index (χ4n) is 2.16. The molecule has 0 amide bonds. The Morgan fingerprint density at radius 2 is 2.00 bits per heavy atom. The summed E-state index contributed by atoms with van der Waals surface area (Å²) in [7, 11) is -4.01. The van der Waals surface area contributed by atoms with E-state index in [0.717, 1.165) is 32.0 Å². The lowest BCUT2D eigenvalue weighted by Crippen LogP contribution is -2.23. The van der Waals surface area contributed by atoms with Gasteiger partial charge in [-0.05, 0) is 25.0 Å². The Kier molecular flexibility index (Phi) is 4.12. The number of carbonyl (C=O) groups is 1. The lowest BCUT2D eigenvalue weighted by molar-refractivity contribution is -0.134. The Morgan fingerprint density at radius 3 is 2.55 bits per heavy atom. The van der Waals surface area contributed by atoms with Crippen LogP contribution in [0.3, 0.4) is 0 Å². The molecule has 1 fully saturated rings. The van der Waals surface area contributed by atoms with Gasteiger partial charge in [-0.2, -0.15) is 0 Å². The van der Waals surface area contributed by atoms with E-state index < -0.39 is 27.6 Å². The van der Waals surface area contributed by atoms with Crippen LogP contribution in [-0.4, -0.2) is 38.3 Å². The van der Waals surface area contributed by atoms with Gasteiger partial charge in [-0.1, -0.05) is 0 Å². The first-order chi connectivity index (χ1) is 9.37. The molecule has 8 heteroatoms. The zero-order chi connectivity index (χ0) is 14.8. The smallest absolute Gasteiger partial charge is 0.320 e. The fraction of sp³-hybridized carbons (Fsp3) is 0.417. The quantitative estimate of drug-likeness (QED) is 0.855. The number of benzene rings is 1. The highest BCUT2D eigenvalue weighted by molar-refractivity contribution is 7.93. The third-order valence-electron chi connectivity index (χ3n) is 2.98. The summed E-state index contributed by atoms with van der Waals surface area (Å²) in [4.78, 5) is 12.3. The topological polar surface area (TPSA) is 86.7 Å². The summed E-state index contributed by atoms with van der Waals surface area (Å²) in [6.45, 7) is 1.56. The third kappa shape index (κ3) is 3.60. The van der Waals surface area contributed by atoms with Crippen molar-refractivity contribution in [1.29, 1.82) is 0 Å². The Bertz CT molecular complexity index is 612. The minimum Gasteiger partial charge on any atom is -0.480 e. The highest BCUT2D eigenvalue weighted by atomic mass is 32.2. The van der Waals surface area contributed by atoms with Crippen LogP contribution >= 0.6 is 0 Å². The summed E-state index contributed by atoms with van der Waals surface area (Å²) in [6, 6.07) is 3.99. The molecule has 1 aromatic carbocycles. The van der Waals surface area contributed by atoms with Crippen LogP contribution in [-0.2, 0) is 14.8 Å². The summed E-state index contributed by atoms with van der Waals surface area (Å²) < 4.78 is 38.9. The molecule has 0 spiro atoms. The highest BCUT2D eigenvalue weighted by Gasteiger charge is 2.19. The van der Waals surface area contributed by atoms with E-state index in [9.17, 15) is 17.6 Å². The fourth-order valence-corrected chi connectivity index (χ4v) is 3.05. The molecule has 1 heterocycles. The molecule has 2 N–H and O–H groups in total. The maximum Gasteiger partial charge on any atom is 0.320 e. The van der Waals surface area contributed by atoms with Gasteiger partial charge < -0.3 is 10.0 Å². The first-order valence-electron chi connectivity index (χ1n) is 6.14. The molecule has 0 unspecified atom stereocenters. The number of nitrogens with one attached hydrogen (secondary N) is 1. The lowest BCUT2D eigenvalue weighted by Gasteiger charge is -2.18. The minimum absolute atomic E-state index is 0.0201. The maximum atomic E-state index is 13.9. The van der Waals surface area contributed by atoms with E-state index in [2.05, 4.69) is 0 Å². The molecule has 20 heavy (non-hydrogen) atoms. The molecule has 0 aromatic heterocycles. The largest absolute Gasteiger partial charge is 0.480 e. The van der Waals surface area contributed by atoms with Crippen LogP contribution in [0, 0.1) is 5.82 Å². The van der Waals surface area contributed by atoms with Gasteiger partial charge in [-0.3, -0.25) is 9.52 Å². The molecule has 0 bridgehead atoms. The number of hydrogen-bond donors (Lipinski definition) is 2. The monoisotopic (exact) mass is 302 g/mol. The molecular weight excluding hydrogens is 287 g/mol. The van der Waals surface area contributed by atoms with Crippen molar-refractivity contribution in [3.8, 4) is 0 Å². The Hall–Kier alpha value is -1.83. The second-order valence-corrected chi connectivity index (χ2v) is 6.34. The first-order valence-corrected chi connectivity index (χ1v) is 7.79. The maximum absolute atomic E-state index is 13.9. The number of carboxylic acids is 1. The van der Waals surface area contributed by atoms with E-state index in [0.29, 0.717) is 5.69 Å². The normalized spacial score (nSPS) is 15.3. The summed E-state index contributed by atoms with van der Waals surface area (Å²) >= 11 is 0. The predicted octanol–water partition coefficient (Wildman–Crippen LogP) is 1.25. The summed E-state index contributed by atoms with van der Waals surface area (Å²) in [5.74, 6) is -3.04. The number of sulfonamides is 1. The minimum atomic E-state index is -4.01. The number of anilines is 2. The van der Waals surface area contributed by atoms with Crippen LogP contribution in [0.4, 0.5) is 15.8 Å². The van der Waals surface area contributed by atoms with Gasteiger partial charge in [-0.25, -0.2) is 12.8 Å². The number of carboxylic acid groups (broad SMARTS) is 1. The molecule has 1 saturated heterocycles. The zero-order valence-electron chi connectivity index (χ0n) is 10.7. The molecule has 0 radical (unpaired) electrons. The molecular formula is C12H15FN2O4S. The van der Waals surface area contributed by atoms with Crippen molar-refractivity contribution in [1.82, 2.24) is 0 Å². The molecule has 1 aliphatic rings.